The topological polar surface area (TPSA) is 31.4 Å². The Bertz CT molecular complexity index is 1240. The normalized spacial score (nSPS) is 13.4. The lowest BCUT2D eigenvalue weighted by molar-refractivity contribution is 0.355. The van der Waals surface area contributed by atoms with Crippen LogP contribution < -0.4 is 9.47 Å². The Balaban J connectivity index is 1.74. The maximum Gasteiger partial charge on any atom is 0.161 e. The zero-order chi connectivity index (χ0) is 19.1. The summed E-state index contributed by atoms with van der Waals surface area (Å²) in [5.74, 6) is 1.45. The first-order valence-corrected chi connectivity index (χ1v) is 9.22. The lowest BCUT2D eigenvalue weighted by Gasteiger charge is -2.09. The third kappa shape index (κ3) is 2.55. The molecule has 1 aliphatic carbocycles. The average Bonchev–Trinajstić information content (AvgIpc) is 3.05. The number of hydrogen-bond acceptors (Lipinski definition) is 3. The van der Waals surface area contributed by atoms with Gasteiger partial charge in [0.05, 0.1) is 25.4 Å². The molecule has 3 nitrogen and oxygen atoms in total. The molecule has 136 valence electrons. The van der Waals surface area contributed by atoms with Gasteiger partial charge in [-0.25, -0.2) is 4.98 Å². The van der Waals surface area contributed by atoms with Crippen LogP contribution in [0, 0.1) is 0 Å². The van der Waals surface area contributed by atoms with Gasteiger partial charge < -0.3 is 9.47 Å². The van der Waals surface area contributed by atoms with Gasteiger partial charge in [0.2, 0.25) is 0 Å². The molecule has 1 aliphatic rings. The summed E-state index contributed by atoms with van der Waals surface area (Å²) in [6.45, 7) is 0. The van der Waals surface area contributed by atoms with Gasteiger partial charge in [0, 0.05) is 16.5 Å². The van der Waals surface area contributed by atoms with Gasteiger partial charge in [0.15, 0.2) is 11.5 Å². The molecule has 1 aromatic heterocycles. The van der Waals surface area contributed by atoms with Crippen molar-refractivity contribution < 1.29 is 9.47 Å². The second kappa shape index (κ2) is 6.54. The molecule has 3 aromatic carbocycles. The average molecular weight is 365 g/mol. The van der Waals surface area contributed by atoms with Crippen molar-refractivity contribution in [1.29, 1.82) is 0 Å². The molecule has 0 spiro atoms. The Morgan fingerprint density at radius 2 is 1.46 bits per heavy atom. The van der Waals surface area contributed by atoms with E-state index in [0.717, 1.165) is 39.2 Å². The number of nitrogens with zero attached hydrogens (tertiary/aromatic N) is 1. The third-order valence-electron chi connectivity index (χ3n) is 5.21. The van der Waals surface area contributed by atoms with E-state index in [9.17, 15) is 0 Å². The standard InChI is InChI=1S/C25H19NO2/c1-27-23-12-11-16(14-24(23)28-2)13-20-18-8-4-5-9-19(18)25-21(20)15-17-7-3-6-10-22(17)26-25/h3-15H,1-2H3/b20-13-. The van der Waals surface area contributed by atoms with Crippen LogP contribution in [0.4, 0.5) is 0 Å². The fourth-order valence-corrected chi connectivity index (χ4v) is 3.86. The number of ether oxygens (including phenoxy) is 2. The van der Waals surface area contributed by atoms with Crippen LogP contribution in [0.2, 0.25) is 0 Å². The number of benzene rings is 3. The predicted octanol–water partition coefficient (Wildman–Crippen LogP) is 5.82. The summed E-state index contributed by atoms with van der Waals surface area (Å²) in [5, 5.41) is 1.15. The van der Waals surface area contributed by atoms with Crippen LogP contribution in [-0.4, -0.2) is 19.2 Å². The summed E-state index contributed by atoms with van der Waals surface area (Å²) in [4.78, 5) is 4.96. The summed E-state index contributed by atoms with van der Waals surface area (Å²) in [5.41, 5.74) is 7.84. The number of para-hydroxylation sites is 1. The lowest BCUT2D eigenvalue weighted by atomic mass is 10.0. The maximum absolute atomic E-state index is 5.47. The van der Waals surface area contributed by atoms with Crippen LogP contribution in [0.1, 0.15) is 16.7 Å². The van der Waals surface area contributed by atoms with Crippen LogP contribution in [0.25, 0.3) is 33.8 Å². The van der Waals surface area contributed by atoms with Crippen molar-refractivity contribution in [2.45, 2.75) is 0 Å². The summed E-state index contributed by atoms with van der Waals surface area (Å²) in [6, 6.07) is 24.9. The molecule has 0 N–H and O–H groups in total. The van der Waals surface area contributed by atoms with Crippen LogP contribution >= 0.6 is 0 Å². The molecule has 0 amide bonds. The van der Waals surface area contributed by atoms with E-state index in [1.807, 2.05) is 24.3 Å². The van der Waals surface area contributed by atoms with Gasteiger partial charge in [-0.15, -0.1) is 0 Å². The Morgan fingerprint density at radius 1 is 0.714 bits per heavy atom. The van der Waals surface area contributed by atoms with E-state index in [1.165, 1.54) is 16.7 Å². The van der Waals surface area contributed by atoms with Crippen molar-refractivity contribution >= 4 is 22.6 Å². The molecule has 0 bridgehead atoms. The van der Waals surface area contributed by atoms with Crippen LogP contribution in [0.15, 0.2) is 72.8 Å². The van der Waals surface area contributed by atoms with Crippen molar-refractivity contribution in [2.24, 2.45) is 0 Å². The van der Waals surface area contributed by atoms with Crippen LogP contribution in [-0.2, 0) is 0 Å². The molecule has 0 unspecified atom stereocenters. The minimum Gasteiger partial charge on any atom is -0.493 e. The largest absolute Gasteiger partial charge is 0.493 e. The van der Waals surface area contributed by atoms with Gasteiger partial charge in [-0.2, -0.15) is 0 Å². The highest BCUT2D eigenvalue weighted by Gasteiger charge is 2.25. The summed E-state index contributed by atoms with van der Waals surface area (Å²) >= 11 is 0. The Morgan fingerprint density at radius 3 is 2.29 bits per heavy atom. The van der Waals surface area contributed by atoms with Crippen molar-refractivity contribution in [2.75, 3.05) is 14.2 Å². The number of hydrogen-bond donors (Lipinski definition) is 0. The summed E-state index contributed by atoms with van der Waals surface area (Å²) < 4.78 is 10.8. The summed E-state index contributed by atoms with van der Waals surface area (Å²) in [6.07, 6.45) is 2.20. The minimum atomic E-state index is 0.722. The number of methoxy groups -OCH3 is 2. The second-order valence-electron chi connectivity index (χ2n) is 6.80. The highest BCUT2D eigenvalue weighted by atomic mass is 16.5. The van der Waals surface area contributed by atoms with Gasteiger partial charge in [-0.1, -0.05) is 48.5 Å². The van der Waals surface area contributed by atoms with Gasteiger partial charge in [-0.05, 0) is 47.0 Å². The van der Waals surface area contributed by atoms with Crippen molar-refractivity contribution in [3.63, 3.8) is 0 Å². The van der Waals surface area contributed by atoms with E-state index in [2.05, 4.69) is 54.6 Å². The molecule has 28 heavy (non-hydrogen) atoms. The van der Waals surface area contributed by atoms with Gasteiger partial charge in [-0.3, -0.25) is 0 Å². The molecule has 4 aromatic rings. The first-order chi connectivity index (χ1) is 13.8. The van der Waals surface area contributed by atoms with Crippen LogP contribution in [0.5, 0.6) is 11.5 Å². The van der Waals surface area contributed by atoms with Gasteiger partial charge in [0.1, 0.15) is 0 Å². The Labute approximate surface area is 163 Å². The molecule has 0 saturated heterocycles. The highest BCUT2D eigenvalue weighted by molar-refractivity contribution is 6.07. The van der Waals surface area contributed by atoms with E-state index in [4.69, 9.17) is 14.5 Å². The molecule has 0 atom stereocenters. The van der Waals surface area contributed by atoms with Crippen molar-refractivity contribution in [3.8, 4) is 22.8 Å². The van der Waals surface area contributed by atoms with Gasteiger partial charge in [0.25, 0.3) is 0 Å². The fourth-order valence-electron chi connectivity index (χ4n) is 3.86. The maximum atomic E-state index is 5.47. The number of pyridine rings is 1. The summed E-state index contributed by atoms with van der Waals surface area (Å²) in [7, 11) is 3.31. The third-order valence-corrected chi connectivity index (χ3v) is 5.21. The molecule has 0 saturated carbocycles. The van der Waals surface area contributed by atoms with E-state index < -0.39 is 0 Å². The molecule has 5 rings (SSSR count). The quantitative estimate of drug-likeness (QED) is 0.404. The molecule has 3 heteroatoms. The molecule has 0 fully saturated rings. The minimum absolute atomic E-state index is 0.722. The molecule has 0 radical (unpaired) electrons. The monoisotopic (exact) mass is 365 g/mol. The molecule has 1 heterocycles. The van der Waals surface area contributed by atoms with Gasteiger partial charge >= 0.3 is 0 Å². The van der Waals surface area contributed by atoms with E-state index in [1.54, 1.807) is 14.2 Å². The first-order valence-electron chi connectivity index (χ1n) is 9.22. The predicted molar refractivity (Wildman–Crippen MR) is 114 cm³/mol. The van der Waals surface area contributed by atoms with Crippen molar-refractivity contribution in [1.82, 2.24) is 4.98 Å². The Hall–Kier alpha value is -3.59. The second-order valence-corrected chi connectivity index (χ2v) is 6.80. The molecular weight excluding hydrogens is 346 g/mol. The molecule has 0 aliphatic heterocycles. The SMILES string of the molecule is COc1ccc(/C=C2/c3ccccc3-c3nc4ccccc4cc32)cc1OC. The number of aromatic nitrogens is 1. The highest BCUT2D eigenvalue weighted by Crippen LogP contribution is 2.45. The zero-order valence-corrected chi connectivity index (χ0v) is 15.8. The van der Waals surface area contributed by atoms with Crippen molar-refractivity contribution in [3.05, 3.63) is 89.5 Å². The first kappa shape index (κ1) is 16.6. The molecular formula is C25H19NO2. The smallest absolute Gasteiger partial charge is 0.161 e. The van der Waals surface area contributed by atoms with E-state index in [0.29, 0.717) is 0 Å². The van der Waals surface area contributed by atoms with Crippen LogP contribution in [0.3, 0.4) is 0 Å². The zero-order valence-electron chi connectivity index (χ0n) is 15.8. The van der Waals surface area contributed by atoms with E-state index in [-0.39, 0.29) is 0 Å². The van der Waals surface area contributed by atoms with E-state index >= 15 is 0 Å². The lowest BCUT2D eigenvalue weighted by Crippen LogP contribution is -1.91. The Kier molecular flexibility index (Phi) is 3.87. The number of rotatable bonds is 3. The number of fused-ring (bicyclic) bond motifs is 4. The fraction of sp³-hybridized carbons (Fsp3) is 0.0800.